The molecule has 0 atom stereocenters. The van der Waals surface area contributed by atoms with Gasteiger partial charge in [-0.2, -0.15) is 0 Å². The minimum atomic E-state index is 0.620. The Morgan fingerprint density at radius 3 is 1.92 bits per heavy atom. The Kier molecular flexibility index (Phi) is 7.55. The zero-order chi connectivity index (χ0) is 9.45. The monoisotopic (exact) mass is 206 g/mol. The first-order chi connectivity index (χ1) is 5.83. The van der Waals surface area contributed by atoms with E-state index in [9.17, 15) is 0 Å². The van der Waals surface area contributed by atoms with Crippen molar-refractivity contribution in [1.82, 2.24) is 0 Å². The summed E-state index contributed by atoms with van der Waals surface area (Å²) in [4.78, 5) is 0. The maximum Gasteiger partial charge on any atom is 0.0609 e. The zero-order valence-corrected chi connectivity index (χ0v) is 10.5. The molecule has 1 aliphatic heterocycles. The minimum Gasteiger partial charge on any atom is -0.143 e. The molecule has 0 aromatic carbocycles. The molecular formula is C10H22S2. The van der Waals surface area contributed by atoms with Crippen molar-refractivity contribution in [2.24, 2.45) is 0 Å². The molecule has 0 aliphatic carbocycles. The molecule has 12 heavy (non-hydrogen) atoms. The van der Waals surface area contributed by atoms with Crippen molar-refractivity contribution in [3.8, 4) is 0 Å². The highest BCUT2D eigenvalue weighted by atomic mass is 32.2. The second kappa shape index (κ2) is 7.14. The van der Waals surface area contributed by atoms with E-state index in [1.807, 2.05) is 13.8 Å². The molecule has 1 heterocycles. The van der Waals surface area contributed by atoms with Gasteiger partial charge in [0.05, 0.1) is 4.08 Å². The van der Waals surface area contributed by atoms with E-state index in [4.69, 9.17) is 0 Å². The Hall–Kier alpha value is 0.700. The fraction of sp³-hybridized carbons (Fsp3) is 1.00. The number of thioether (sulfide) groups is 2. The highest BCUT2D eigenvalue weighted by Gasteiger charge is 2.32. The van der Waals surface area contributed by atoms with Crippen molar-refractivity contribution in [2.75, 3.05) is 11.5 Å². The van der Waals surface area contributed by atoms with Crippen molar-refractivity contribution >= 4 is 23.5 Å². The van der Waals surface area contributed by atoms with Crippen molar-refractivity contribution < 1.29 is 0 Å². The molecule has 0 unspecified atom stereocenters. The summed E-state index contributed by atoms with van der Waals surface area (Å²) in [6.45, 7) is 8.61. The zero-order valence-electron chi connectivity index (χ0n) is 8.85. The molecule has 0 aromatic rings. The molecule has 0 spiro atoms. The van der Waals surface area contributed by atoms with Crippen molar-refractivity contribution in [3.63, 3.8) is 0 Å². The van der Waals surface area contributed by atoms with Gasteiger partial charge in [0.1, 0.15) is 0 Å². The van der Waals surface area contributed by atoms with E-state index < -0.39 is 0 Å². The van der Waals surface area contributed by atoms with Crippen LogP contribution in [0.5, 0.6) is 0 Å². The largest absolute Gasteiger partial charge is 0.143 e. The van der Waals surface area contributed by atoms with E-state index in [-0.39, 0.29) is 0 Å². The van der Waals surface area contributed by atoms with E-state index in [1.54, 1.807) is 0 Å². The van der Waals surface area contributed by atoms with Crippen LogP contribution < -0.4 is 0 Å². The summed E-state index contributed by atoms with van der Waals surface area (Å²) in [6, 6.07) is 0. The van der Waals surface area contributed by atoms with Crippen LogP contribution in [0.25, 0.3) is 0 Å². The molecule has 1 rings (SSSR count). The predicted molar refractivity (Wildman–Crippen MR) is 64.2 cm³/mol. The molecule has 0 nitrogen and oxygen atoms in total. The lowest BCUT2D eigenvalue weighted by atomic mass is 10.2. The summed E-state index contributed by atoms with van der Waals surface area (Å²) in [6.07, 6.45) is 4.09. The van der Waals surface area contributed by atoms with E-state index in [0.717, 1.165) is 0 Å². The minimum absolute atomic E-state index is 0.620. The lowest BCUT2D eigenvalue weighted by Crippen LogP contribution is -2.14. The van der Waals surface area contributed by atoms with Crippen molar-refractivity contribution in [2.45, 2.75) is 51.0 Å². The van der Waals surface area contributed by atoms with E-state index in [1.165, 1.54) is 30.8 Å². The van der Waals surface area contributed by atoms with E-state index in [2.05, 4.69) is 37.4 Å². The van der Waals surface area contributed by atoms with Gasteiger partial charge in [0.15, 0.2) is 0 Å². The lowest BCUT2D eigenvalue weighted by Gasteiger charge is -2.24. The smallest absolute Gasteiger partial charge is 0.0609 e. The fourth-order valence-electron chi connectivity index (χ4n) is 1.40. The summed E-state index contributed by atoms with van der Waals surface area (Å²) in [5, 5.41) is 0. The summed E-state index contributed by atoms with van der Waals surface area (Å²) in [5.41, 5.74) is 0. The molecule has 1 aliphatic rings. The quantitative estimate of drug-likeness (QED) is 0.671. The van der Waals surface area contributed by atoms with Gasteiger partial charge in [-0.15, -0.1) is 23.5 Å². The van der Waals surface area contributed by atoms with Crippen LogP contribution in [0.4, 0.5) is 0 Å². The van der Waals surface area contributed by atoms with Crippen LogP contribution in [0.2, 0.25) is 0 Å². The molecule has 1 saturated heterocycles. The number of hydrogen-bond acceptors (Lipinski definition) is 2. The van der Waals surface area contributed by atoms with Gasteiger partial charge < -0.3 is 0 Å². The van der Waals surface area contributed by atoms with Gasteiger partial charge in [-0.25, -0.2) is 0 Å². The van der Waals surface area contributed by atoms with E-state index >= 15 is 0 Å². The Morgan fingerprint density at radius 1 is 1.08 bits per heavy atom. The predicted octanol–water partition coefficient (Wildman–Crippen LogP) is 4.40. The van der Waals surface area contributed by atoms with Crippen molar-refractivity contribution in [3.05, 3.63) is 0 Å². The molecule has 74 valence electrons. The lowest BCUT2D eigenvalue weighted by molar-refractivity contribution is 0.681. The molecule has 0 amide bonds. The first kappa shape index (κ1) is 12.7. The van der Waals surface area contributed by atoms with Crippen LogP contribution in [-0.4, -0.2) is 15.6 Å². The molecule has 1 fully saturated rings. The molecule has 2 heteroatoms. The van der Waals surface area contributed by atoms with Gasteiger partial charge in [0.25, 0.3) is 0 Å². The summed E-state index contributed by atoms with van der Waals surface area (Å²) < 4.78 is 0.620. The highest BCUT2D eigenvalue weighted by molar-refractivity contribution is 8.21. The SMILES string of the molecule is CC.CCCC1(CC)SCCS1. The molecule has 0 N–H and O–H groups in total. The van der Waals surface area contributed by atoms with Crippen LogP contribution >= 0.6 is 23.5 Å². The van der Waals surface area contributed by atoms with Crippen molar-refractivity contribution in [1.29, 1.82) is 0 Å². The van der Waals surface area contributed by atoms with Gasteiger partial charge >= 0.3 is 0 Å². The van der Waals surface area contributed by atoms with Crippen LogP contribution in [0.3, 0.4) is 0 Å². The molecule has 0 radical (unpaired) electrons. The van der Waals surface area contributed by atoms with Gasteiger partial charge in [-0.1, -0.05) is 34.1 Å². The third-order valence-electron chi connectivity index (χ3n) is 1.98. The fourth-order valence-corrected chi connectivity index (χ4v) is 4.75. The van der Waals surface area contributed by atoms with Gasteiger partial charge in [0.2, 0.25) is 0 Å². The molecular weight excluding hydrogens is 184 g/mol. The normalized spacial score (nSPS) is 20.0. The summed E-state index contributed by atoms with van der Waals surface area (Å²) >= 11 is 4.35. The second-order valence-corrected chi connectivity index (χ2v) is 5.93. The van der Waals surface area contributed by atoms with E-state index in [0.29, 0.717) is 4.08 Å². The average Bonchev–Trinajstić information content (AvgIpc) is 2.58. The maximum absolute atomic E-state index is 2.32. The average molecular weight is 206 g/mol. The second-order valence-electron chi connectivity index (χ2n) is 2.71. The highest BCUT2D eigenvalue weighted by Crippen LogP contribution is 2.49. The standard InChI is InChI=1S/C8H16S2.C2H6/c1-3-5-8(4-2)9-6-7-10-8;1-2/h3-7H2,1-2H3;1-2H3. The van der Waals surface area contributed by atoms with Crippen LogP contribution in [0.15, 0.2) is 0 Å². The Morgan fingerprint density at radius 2 is 1.58 bits per heavy atom. The topological polar surface area (TPSA) is 0 Å². The molecule has 0 saturated carbocycles. The maximum atomic E-state index is 2.32. The van der Waals surface area contributed by atoms with Crippen LogP contribution in [0, 0.1) is 0 Å². The number of rotatable bonds is 3. The van der Waals surface area contributed by atoms with Gasteiger partial charge in [0, 0.05) is 11.5 Å². The summed E-state index contributed by atoms with van der Waals surface area (Å²) in [5.74, 6) is 2.75. The first-order valence-corrected chi connectivity index (χ1v) is 7.08. The van der Waals surface area contributed by atoms with Gasteiger partial charge in [-0.3, -0.25) is 0 Å². The van der Waals surface area contributed by atoms with Crippen LogP contribution in [0.1, 0.15) is 47.0 Å². The Bertz CT molecular complexity index is 96.0. The van der Waals surface area contributed by atoms with Gasteiger partial charge in [-0.05, 0) is 12.8 Å². The molecule has 0 aromatic heterocycles. The third-order valence-corrected chi connectivity index (χ3v) is 5.80. The first-order valence-electron chi connectivity index (χ1n) is 5.11. The molecule has 0 bridgehead atoms. The number of hydrogen-bond donors (Lipinski definition) is 0. The van der Waals surface area contributed by atoms with Crippen LogP contribution in [-0.2, 0) is 0 Å². The Balaban J connectivity index is 0.000000561. The third kappa shape index (κ3) is 3.61. The Labute approximate surface area is 86.3 Å². The summed E-state index contributed by atoms with van der Waals surface area (Å²) in [7, 11) is 0.